The van der Waals surface area contributed by atoms with Crippen molar-refractivity contribution in [1.82, 2.24) is 4.37 Å². The molecule has 0 aliphatic carbocycles. The van der Waals surface area contributed by atoms with Crippen molar-refractivity contribution in [2.75, 3.05) is 31.2 Å². The van der Waals surface area contributed by atoms with Crippen LogP contribution >= 0.6 is 23.1 Å². The van der Waals surface area contributed by atoms with E-state index in [-0.39, 0.29) is 18.4 Å². The molecule has 0 saturated heterocycles. The number of nitrogens with zero attached hydrogens (tertiary/aromatic N) is 3. The number of aliphatic hydroxyl groups is 2. The Morgan fingerprint density at radius 1 is 1.38 bits per heavy atom. The minimum absolute atomic E-state index is 0.0220. The van der Waals surface area contributed by atoms with Crippen molar-refractivity contribution in [3.63, 3.8) is 0 Å². The van der Waals surface area contributed by atoms with Crippen molar-refractivity contribution in [3.8, 4) is 6.07 Å². The Kier molecular flexibility index (Phi) is 5.49. The maximum Gasteiger partial charge on any atom is 0.162 e. The van der Waals surface area contributed by atoms with E-state index >= 15 is 0 Å². The molecule has 1 heterocycles. The summed E-state index contributed by atoms with van der Waals surface area (Å²) in [5, 5.41) is 27.5. The van der Waals surface area contributed by atoms with E-state index in [1.54, 1.807) is 4.90 Å². The van der Waals surface area contributed by atoms with Gasteiger partial charge in [-0.15, -0.1) is 0 Å². The van der Waals surface area contributed by atoms with E-state index in [0.717, 1.165) is 11.5 Å². The van der Waals surface area contributed by atoms with Crippen LogP contribution in [0.25, 0.3) is 0 Å². The summed E-state index contributed by atoms with van der Waals surface area (Å²) in [5.41, 5.74) is 0.332. The van der Waals surface area contributed by atoms with Crippen molar-refractivity contribution < 1.29 is 10.2 Å². The predicted molar refractivity (Wildman–Crippen MR) is 62.8 cm³/mol. The summed E-state index contributed by atoms with van der Waals surface area (Å²) < 4.78 is 3.90. The Morgan fingerprint density at radius 2 is 2.12 bits per heavy atom. The number of aromatic nitrogens is 1. The van der Waals surface area contributed by atoms with Gasteiger partial charge in [-0.1, -0.05) is 11.6 Å². The molecule has 0 atom stereocenters. The molecule has 0 bridgehead atoms. The highest BCUT2D eigenvalue weighted by Gasteiger charge is 2.17. The maximum atomic E-state index is 8.93. The minimum atomic E-state index is -0.0220. The molecular formula is C9H12ClN3O2S. The Bertz CT molecular complexity index is 377. The third kappa shape index (κ3) is 3.06. The Labute approximate surface area is 103 Å². The smallest absolute Gasteiger partial charge is 0.162 e. The molecule has 1 aromatic rings. The summed E-state index contributed by atoms with van der Waals surface area (Å²) in [6, 6.07) is 1.99. The molecule has 88 valence electrons. The van der Waals surface area contributed by atoms with Crippen LogP contribution in [0, 0.1) is 11.3 Å². The van der Waals surface area contributed by atoms with Crippen LogP contribution in [0.3, 0.4) is 0 Å². The highest BCUT2D eigenvalue weighted by atomic mass is 35.5. The molecule has 0 aliphatic heterocycles. The average molecular weight is 262 g/mol. The molecule has 5 nitrogen and oxygen atoms in total. The lowest BCUT2D eigenvalue weighted by atomic mass is 10.3. The SMILES string of the molecule is N#Cc1c(Cl)nsc1N(CCO)CCCO. The molecule has 1 aromatic heterocycles. The lowest BCUT2D eigenvalue weighted by Gasteiger charge is -2.21. The van der Waals surface area contributed by atoms with E-state index < -0.39 is 0 Å². The number of anilines is 1. The van der Waals surface area contributed by atoms with Crippen LogP contribution in [0.5, 0.6) is 0 Å². The molecular weight excluding hydrogens is 250 g/mol. The zero-order valence-corrected chi connectivity index (χ0v) is 10.1. The summed E-state index contributed by atoms with van der Waals surface area (Å²) >= 11 is 6.89. The van der Waals surface area contributed by atoms with Crippen LogP contribution in [0.2, 0.25) is 5.15 Å². The zero-order chi connectivity index (χ0) is 12.0. The van der Waals surface area contributed by atoms with Gasteiger partial charge in [0, 0.05) is 19.7 Å². The molecule has 1 rings (SSSR count). The van der Waals surface area contributed by atoms with Crippen LogP contribution < -0.4 is 4.90 Å². The highest BCUT2D eigenvalue weighted by molar-refractivity contribution is 7.10. The molecule has 0 saturated carbocycles. The molecule has 0 unspecified atom stereocenters. The fourth-order valence-corrected chi connectivity index (χ4v) is 2.35. The first-order chi connectivity index (χ1) is 7.74. The highest BCUT2D eigenvalue weighted by Crippen LogP contribution is 2.30. The third-order valence-electron chi connectivity index (χ3n) is 1.99. The van der Waals surface area contributed by atoms with Crippen LogP contribution in [0.4, 0.5) is 5.00 Å². The largest absolute Gasteiger partial charge is 0.396 e. The lowest BCUT2D eigenvalue weighted by Crippen LogP contribution is -2.28. The molecule has 7 heteroatoms. The first kappa shape index (κ1) is 13.2. The standard InChI is InChI=1S/C9H12ClN3O2S/c10-8-7(6-11)9(16-12-8)13(3-5-15)2-1-4-14/h14-15H,1-5H2. The molecule has 0 amide bonds. The van der Waals surface area contributed by atoms with Gasteiger partial charge in [-0.2, -0.15) is 9.64 Å². The number of hydrogen-bond acceptors (Lipinski definition) is 6. The monoisotopic (exact) mass is 261 g/mol. The van der Waals surface area contributed by atoms with Gasteiger partial charge in [0.15, 0.2) is 5.15 Å². The van der Waals surface area contributed by atoms with E-state index in [1.165, 1.54) is 0 Å². The van der Waals surface area contributed by atoms with E-state index in [0.29, 0.717) is 30.1 Å². The second kappa shape index (κ2) is 6.66. The van der Waals surface area contributed by atoms with E-state index in [9.17, 15) is 0 Å². The fourth-order valence-electron chi connectivity index (χ4n) is 1.27. The number of aliphatic hydroxyl groups excluding tert-OH is 2. The van der Waals surface area contributed by atoms with Crippen molar-refractivity contribution in [3.05, 3.63) is 10.7 Å². The summed E-state index contributed by atoms with van der Waals surface area (Å²) in [5.74, 6) is 0. The maximum absolute atomic E-state index is 8.93. The van der Waals surface area contributed by atoms with Crippen LogP contribution in [0.15, 0.2) is 0 Å². The summed E-state index contributed by atoms with van der Waals surface area (Å²) in [7, 11) is 0. The second-order valence-electron chi connectivity index (χ2n) is 3.05. The topological polar surface area (TPSA) is 80.4 Å². The Balaban J connectivity index is 2.87. The zero-order valence-electron chi connectivity index (χ0n) is 8.56. The lowest BCUT2D eigenvalue weighted by molar-refractivity contribution is 0.281. The van der Waals surface area contributed by atoms with Crippen molar-refractivity contribution in [2.24, 2.45) is 0 Å². The van der Waals surface area contributed by atoms with Gasteiger partial charge in [-0.3, -0.25) is 0 Å². The first-order valence-corrected chi connectivity index (χ1v) is 5.91. The fraction of sp³-hybridized carbons (Fsp3) is 0.556. The number of nitriles is 1. The molecule has 2 N–H and O–H groups in total. The van der Waals surface area contributed by atoms with Crippen LogP contribution in [-0.2, 0) is 0 Å². The number of halogens is 1. The van der Waals surface area contributed by atoms with E-state index in [2.05, 4.69) is 4.37 Å². The van der Waals surface area contributed by atoms with Crippen LogP contribution in [-0.4, -0.2) is 40.9 Å². The molecule has 0 fully saturated rings. The minimum Gasteiger partial charge on any atom is -0.396 e. The molecule has 16 heavy (non-hydrogen) atoms. The van der Waals surface area contributed by atoms with Gasteiger partial charge >= 0.3 is 0 Å². The average Bonchev–Trinajstić information content (AvgIpc) is 2.65. The molecule has 0 aliphatic rings. The van der Waals surface area contributed by atoms with Crippen molar-refractivity contribution in [1.29, 1.82) is 5.26 Å². The first-order valence-electron chi connectivity index (χ1n) is 4.76. The second-order valence-corrected chi connectivity index (χ2v) is 4.16. The molecule has 0 radical (unpaired) electrons. The van der Waals surface area contributed by atoms with Gasteiger partial charge in [0.25, 0.3) is 0 Å². The summed E-state index contributed by atoms with van der Waals surface area (Å²) in [6.07, 6.45) is 0.570. The van der Waals surface area contributed by atoms with Crippen molar-refractivity contribution >= 4 is 28.1 Å². The number of rotatable bonds is 6. The third-order valence-corrected chi connectivity index (χ3v) is 3.27. The molecule has 0 aromatic carbocycles. The van der Waals surface area contributed by atoms with Gasteiger partial charge < -0.3 is 15.1 Å². The Morgan fingerprint density at radius 3 is 2.69 bits per heavy atom. The summed E-state index contributed by atoms with van der Waals surface area (Å²) in [4.78, 5) is 1.80. The van der Waals surface area contributed by atoms with Gasteiger partial charge in [-0.05, 0) is 18.0 Å². The Hall–Kier alpha value is -0.870. The predicted octanol–water partition coefficient (Wildman–Crippen LogP) is 0.849. The van der Waals surface area contributed by atoms with E-state index in [1.807, 2.05) is 6.07 Å². The normalized spacial score (nSPS) is 10.1. The van der Waals surface area contributed by atoms with Gasteiger partial charge in [-0.25, -0.2) is 0 Å². The van der Waals surface area contributed by atoms with Gasteiger partial charge in [0.2, 0.25) is 0 Å². The summed E-state index contributed by atoms with van der Waals surface area (Å²) in [6.45, 7) is 1.000. The van der Waals surface area contributed by atoms with Gasteiger partial charge in [0.05, 0.1) is 6.61 Å². The van der Waals surface area contributed by atoms with Crippen molar-refractivity contribution in [2.45, 2.75) is 6.42 Å². The van der Waals surface area contributed by atoms with E-state index in [4.69, 9.17) is 27.1 Å². The molecule has 0 spiro atoms. The quantitative estimate of drug-likeness (QED) is 0.794. The van der Waals surface area contributed by atoms with Crippen LogP contribution in [0.1, 0.15) is 12.0 Å². The van der Waals surface area contributed by atoms with Gasteiger partial charge in [0.1, 0.15) is 16.6 Å². The number of hydrogen-bond donors (Lipinski definition) is 2.